The lowest BCUT2D eigenvalue weighted by Gasteiger charge is -2.16. The minimum Gasteiger partial charge on any atom is -0.489 e. The van der Waals surface area contributed by atoms with Crippen LogP contribution in [0.15, 0.2) is 67.0 Å². The highest BCUT2D eigenvalue weighted by Crippen LogP contribution is 2.44. The Hall–Kier alpha value is -4.69. The number of rotatable bonds is 6. The van der Waals surface area contributed by atoms with Crippen molar-refractivity contribution in [3.8, 4) is 5.75 Å². The Morgan fingerprint density at radius 1 is 0.868 bits per heavy atom. The van der Waals surface area contributed by atoms with Crippen molar-refractivity contribution in [2.24, 2.45) is 0 Å². The van der Waals surface area contributed by atoms with Gasteiger partial charge in [0.15, 0.2) is 0 Å². The molecule has 4 heterocycles. The van der Waals surface area contributed by atoms with Gasteiger partial charge in [-0.3, -0.25) is 19.5 Å². The number of fused-ring (bicyclic) bond motifs is 10. The number of ether oxygens (including phenoxy) is 1. The van der Waals surface area contributed by atoms with E-state index in [2.05, 4.69) is 15.0 Å². The number of likely N-dealkylation sites (N-methyl/N-ethyl adjacent to an activating group) is 1. The second-order valence-electron chi connectivity index (χ2n) is 9.97. The molecule has 2 N–H and O–H groups in total. The van der Waals surface area contributed by atoms with Gasteiger partial charge in [0.2, 0.25) is 0 Å². The third-order valence-corrected chi connectivity index (χ3v) is 7.31. The molecule has 0 atom stereocenters. The number of hydrogen-bond donors (Lipinski definition) is 2. The Morgan fingerprint density at radius 3 is 2.32 bits per heavy atom. The fraction of sp³-hybridized carbons (Fsp3) is 0.167. The Balaban J connectivity index is 1.45. The fourth-order valence-corrected chi connectivity index (χ4v) is 5.48. The molecule has 0 bridgehead atoms. The fourth-order valence-electron chi connectivity index (χ4n) is 5.48. The van der Waals surface area contributed by atoms with E-state index in [1.165, 1.54) is 4.90 Å². The summed E-state index contributed by atoms with van der Waals surface area (Å²) in [5.41, 5.74) is 5.26. The van der Waals surface area contributed by atoms with Gasteiger partial charge in [-0.05, 0) is 37.9 Å². The number of H-pyrrole nitrogens is 2. The minimum atomic E-state index is -0.263. The maximum Gasteiger partial charge on any atom is 0.262 e. The second-order valence-corrected chi connectivity index (χ2v) is 9.97. The molecule has 0 fully saturated rings. The average molecular weight is 504 g/mol. The van der Waals surface area contributed by atoms with E-state index < -0.39 is 0 Å². The number of carbonyl (C=O) groups excluding carboxylic acids is 2. The lowest BCUT2D eigenvalue weighted by Crippen LogP contribution is -2.35. The van der Waals surface area contributed by atoms with Crippen molar-refractivity contribution in [2.75, 3.05) is 27.2 Å². The van der Waals surface area contributed by atoms with E-state index in [0.717, 1.165) is 54.9 Å². The van der Waals surface area contributed by atoms with Crippen molar-refractivity contribution < 1.29 is 14.3 Å². The van der Waals surface area contributed by atoms with Crippen LogP contribution in [-0.2, 0) is 6.61 Å². The zero-order valence-electron chi connectivity index (χ0n) is 21.0. The first-order chi connectivity index (χ1) is 18.5. The van der Waals surface area contributed by atoms with Crippen molar-refractivity contribution in [1.82, 2.24) is 24.8 Å². The zero-order valence-corrected chi connectivity index (χ0v) is 21.0. The Labute approximate surface area is 217 Å². The lowest BCUT2D eigenvalue weighted by molar-refractivity contribution is 0.0646. The molecule has 3 aromatic heterocycles. The summed E-state index contributed by atoms with van der Waals surface area (Å²) in [6.07, 6.45) is 3.46. The summed E-state index contributed by atoms with van der Waals surface area (Å²) in [5.74, 6) is 0.194. The number of hydrogen-bond acceptors (Lipinski definition) is 5. The molecule has 0 unspecified atom stereocenters. The monoisotopic (exact) mass is 503 g/mol. The van der Waals surface area contributed by atoms with Gasteiger partial charge in [-0.1, -0.05) is 30.3 Å². The first-order valence-electron chi connectivity index (χ1n) is 12.6. The highest BCUT2D eigenvalue weighted by atomic mass is 16.5. The summed E-state index contributed by atoms with van der Waals surface area (Å²) in [6.45, 7) is 1.36. The molecule has 0 saturated heterocycles. The predicted molar refractivity (Wildman–Crippen MR) is 148 cm³/mol. The Kier molecular flexibility index (Phi) is 4.99. The molecule has 0 aliphatic carbocycles. The largest absolute Gasteiger partial charge is 0.489 e. The zero-order chi connectivity index (χ0) is 26.0. The number of aromatic amines is 2. The minimum absolute atomic E-state index is 0.262. The Bertz CT molecular complexity index is 1900. The molecule has 188 valence electrons. The van der Waals surface area contributed by atoms with Crippen molar-refractivity contribution in [1.29, 1.82) is 0 Å². The molecule has 0 spiro atoms. The number of pyridine rings is 1. The summed E-state index contributed by atoms with van der Waals surface area (Å²) in [7, 11) is 3.86. The molecule has 7 rings (SSSR count). The number of amides is 2. The molecule has 0 radical (unpaired) electrons. The van der Waals surface area contributed by atoms with Gasteiger partial charge in [-0.2, -0.15) is 0 Å². The van der Waals surface area contributed by atoms with Crippen LogP contribution in [0.5, 0.6) is 5.75 Å². The van der Waals surface area contributed by atoms with Crippen LogP contribution in [0.2, 0.25) is 0 Å². The van der Waals surface area contributed by atoms with Crippen LogP contribution in [0.3, 0.4) is 0 Å². The van der Waals surface area contributed by atoms with E-state index in [-0.39, 0.29) is 11.8 Å². The van der Waals surface area contributed by atoms with Gasteiger partial charge >= 0.3 is 0 Å². The first-order valence-corrected chi connectivity index (χ1v) is 12.6. The lowest BCUT2D eigenvalue weighted by atomic mass is 9.97. The molecule has 2 amide bonds. The van der Waals surface area contributed by atoms with Crippen molar-refractivity contribution in [3.63, 3.8) is 0 Å². The van der Waals surface area contributed by atoms with E-state index >= 15 is 0 Å². The smallest absolute Gasteiger partial charge is 0.262 e. The number of carbonyl (C=O) groups is 2. The molecule has 1 aliphatic rings. The molecule has 6 aromatic rings. The molecular formula is C30H25N5O3. The van der Waals surface area contributed by atoms with Crippen LogP contribution >= 0.6 is 0 Å². The summed E-state index contributed by atoms with van der Waals surface area (Å²) in [6, 6.07) is 17.7. The van der Waals surface area contributed by atoms with Crippen LogP contribution in [0.25, 0.3) is 43.6 Å². The molecule has 38 heavy (non-hydrogen) atoms. The van der Waals surface area contributed by atoms with Gasteiger partial charge in [0.25, 0.3) is 11.8 Å². The van der Waals surface area contributed by atoms with Crippen LogP contribution in [0.4, 0.5) is 0 Å². The molecule has 0 saturated carbocycles. The van der Waals surface area contributed by atoms with E-state index in [9.17, 15) is 9.59 Å². The van der Waals surface area contributed by atoms with Crippen LogP contribution in [0.1, 0.15) is 26.3 Å². The molecule has 8 nitrogen and oxygen atoms in total. The number of imide groups is 1. The average Bonchev–Trinajstić information content (AvgIpc) is 3.56. The van der Waals surface area contributed by atoms with Crippen LogP contribution in [-0.4, -0.2) is 63.8 Å². The molecule has 8 heteroatoms. The topological polar surface area (TPSA) is 94.3 Å². The van der Waals surface area contributed by atoms with Crippen molar-refractivity contribution in [2.45, 2.75) is 6.61 Å². The SMILES string of the molecule is CN(C)CCN1C(=O)c2c(c3c4cnccc4[nH]c3c3[nH]c4cc(OCc5ccccc5)ccc4c23)C1=O. The van der Waals surface area contributed by atoms with Crippen molar-refractivity contribution in [3.05, 3.63) is 83.7 Å². The van der Waals surface area contributed by atoms with Crippen LogP contribution in [0, 0.1) is 0 Å². The number of nitrogens with one attached hydrogen (secondary N) is 2. The van der Waals surface area contributed by atoms with Gasteiger partial charge in [-0.25, -0.2) is 0 Å². The molecule has 1 aliphatic heterocycles. The van der Waals surface area contributed by atoms with Gasteiger partial charge < -0.3 is 19.6 Å². The quantitative estimate of drug-likeness (QED) is 0.309. The second kappa shape index (κ2) is 8.43. The van der Waals surface area contributed by atoms with Crippen molar-refractivity contribution >= 4 is 55.4 Å². The van der Waals surface area contributed by atoms with Gasteiger partial charge in [0.1, 0.15) is 12.4 Å². The molecular weight excluding hydrogens is 478 g/mol. The normalized spacial score (nSPS) is 13.6. The predicted octanol–water partition coefficient (Wildman–Crippen LogP) is 5.09. The van der Waals surface area contributed by atoms with Gasteiger partial charge in [-0.15, -0.1) is 0 Å². The third kappa shape index (κ3) is 3.30. The first kappa shape index (κ1) is 22.5. The number of nitrogens with zero attached hydrogens (tertiary/aromatic N) is 3. The molecule has 3 aromatic carbocycles. The van der Waals surface area contributed by atoms with E-state index in [0.29, 0.717) is 30.8 Å². The summed E-state index contributed by atoms with van der Waals surface area (Å²) >= 11 is 0. The summed E-state index contributed by atoms with van der Waals surface area (Å²) in [4.78, 5) is 42.2. The number of aromatic nitrogens is 3. The van der Waals surface area contributed by atoms with E-state index in [4.69, 9.17) is 4.74 Å². The highest BCUT2D eigenvalue weighted by Gasteiger charge is 2.40. The third-order valence-electron chi connectivity index (χ3n) is 7.31. The maximum atomic E-state index is 13.8. The van der Waals surface area contributed by atoms with E-state index in [1.54, 1.807) is 12.4 Å². The van der Waals surface area contributed by atoms with Gasteiger partial charge in [0, 0.05) is 58.6 Å². The Morgan fingerprint density at radius 2 is 1.58 bits per heavy atom. The highest BCUT2D eigenvalue weighted by molar-refractivity contribution is 6.39. The van der Waals surface area contributed by atoms with Gasteiger partial charge in [0.05, 0.1) is 27.7 Å². The summed E-state index contributed by atoms with van der Waals surface area (Å²) < 4.78 is 6.06. The number of benzene rings is 3. The summed E-state index contributed by atoms with van der Waals surface area (Å²) in [5, 5.41) is 3.18. The standard InChI is InChI=1S/C30H25N5O3/c1-34(2)12-13-35-29(36)25-23-19-9-8-18(38-16-17-6-4-3-5-7-17)14-22(19)33-27(23)28-24(26(25)30(35)37)20-15-31-11-10-21(20)32-28/h3-11,14-15,32-33H,12-13,16H2,1-2H3. The van der Waals surface area contributed by atoms with Crippen LogP contribution < -0.4 is 4.74 Å². The maximum absolute atomic E-state index is 13.8. The van der Waals surface area contributed by atoms with E-state index in [1.807, 2.05) is 73.6 Å².